The summed E-state index contributed by atoms with van der Waals surface area (Å²) in [6.07, 6.45) is -3.24. The molecule has 0 fully saturated rings. The van der Waals surface area contributed by atoms with Crippen LogP contribution in [0.15, 0.2) is 11.6 Å². The minimum absolute atomic E-state index is 0.0329. The van der Waals surface area contributed by atoms with Gasteiger partial charge in [0.1, 0.15) is 0 Å². The van der Waals surface area contributed by atoms with E-state index in [1.54, 1.807) is 0 Å². The Kier molecular flexibility index (Phi) is 4.18. The molecule has 0 bridgehead atoms. The zero-order valence-corrected chi connectivity index (χ0v) is 6.24. The third-order valence-corrected chi connectivity index (χ3v) is 1.10. The van der Waals surface area contributed by atoms with E-state index in [2.05, 4.69) is 11.7 Å². The summed E-state index contributed by atoms with van der Waals surface area (Å²) in [5, 5.41) is 0. The molecule has 0 N–H and O–H groups in total. The Morgan fingerprint density at radius 3 is 2.45 bits per heavy atom. The highest BCUT2D eigenvalue weighted by molar-refractivity contribution is 5.04. The molecule has 0 aliphatic rings. The van der Waals surface area contributed by atoms with Gasteiger partial charge in [0.25, 0.3) is 0 Å². The van der Waals surface area contributed by atoms with Crippen molar-refractivity contribution < 1.29 is 17.9 Å². The highest BCUT2D eigenvalue weighted by Gasteiger charge is 2.29. The quantitative estimate of drug-likeness (QED) is 0.463. The van der Waals surface area contributed by atoms with Crippen molar-refractivity contribution in [3.05, 3.63) is 18.6 Å². The Hall–Kier alpha value is -0.510. The van der Waals surface area contributed by atoms with E-state index in [1.807, 2.05) is 0 Å². The van der Waals surface area contributed by atoms with Crippen LogP contribution in [-0.4, -0.2) is 19.4 Å². The fraction of sp³-hybridized carbons (Fsp3) is 0.571. The first kappa shape index (κ1) is 10.5. The van der Waals surface area contributed by atoms with E-state index in [0.717, 1.165) is 13.0 Å². The lowest BCUT2D eigenvalue weighted by molar-refractivity contribution is -0.0919. The molecule has 0 aromatic carbocycles. The van der Waals surface area contributed by atoms with Crippen molar-refractivity contribution in [2.45, 2.75) is 13.1 Å². The summed E-state index contributed by atoms with van der Waals surface area (Å²) < 4.78 is 39.8. The summed E-state index contributed by atoms with van der Waals surface area (Å²) in [5.41, 5.74) is -0.633. The van der Waals surface area contributed by atoms with Crippen molar-refractivity contribution in [2.24, 2.45) is 0 Å². The molecule has 1 nitrogen and oxygen atoms in total. The summed E-state index contributed by atoms with van der Waals surface area (Å²) in [6, 6.07) is 0. The van der Waals surface area contributed by atoms with Gasteiger partial charge < -0.3 is 4.74 Å². The van der Waals surface area contributed by atoms with E-state index in [-0.39, 0.29) is 13.2 Å². The molecule has 4 heteroatoms. The Bertz CT molecular complexity index is 137. The topological polar surface area (TPSA) is 9.23 Å². The van der Waals surface area contributed by atoms with Crippen LogP contribution in [-0.2, 0) is 4.74 Å². The molecule has 65 valence electrons. The standard InChI is InChI=1S/C7H10F3O/c1-3-11-5-4-6(2)7(8,9)10/h4H,1,3,5H2,2H3. The molecule has 0 atom stereocenters. The molecule has 0 aliphatic heterocycles. The number of hydrogen-bond donors (Lipinski definition) is 0. The van der Waals surface area contributed by atoms with E-state index < -0.39 is 11.7 Å². The molecule has 0 spiro atoms. The average Bonchev–Trinajstić information content (AvgIpc) is 1.86. The van der Waals surface area contributed by atoms with Gasteiger partial charge in [-0.15, -0.1) is 0 Å². The first-order valence-electron chi connectivity index (χ1n) is 3.09. The molecule has 11 heavy (non-hydrogen) atoms. The van der Waals surface area contributed by atoms with Gasteiger partial charge in [-0.05, 0) is 13.8 Å². The maximum atomic E-state index is 11.7. The first-order valence-corrected chi connectivity index (χ1v) is 3.09. The maximum Gasteiger partial charge on any atom is 0.412 e. The minimum atomic E-state index is -4.23. The molecule has 0 unspecified atom stereocenters. The molecule has 1 radical (unpaired) electrons. The molecule has 0 saturated heterocycles. The molecule has 0 aromatic rings. The Morgan fingerprint density at radius 1 is 1.55 bits per heavy atom. The van der Waals surface area contributed by atoms with Gasteiger partial charge in [-0.1, -0.05) is 6.08 Å². The Morgan fingerprint density at radius 2 is 2.09 bits per heavy atom. The fourth-order valence-corrected chi connectivity index (χ4v) is 0.383. The SMILES string of the molecule is [CH2]COCC=C(C)C(F)(F)F. The number of allylic oxidation sites excluding steroid dienone is 1. The number of rotatable bonds is 3. The lowest BCUT2D eigenvalue weighted by Gasteiger charge is -2.05. The van der Waals surface area contributed by atoms with Crippen LogP contribution in [0.4, 0.5) is 13.2 Å². The summed E-state index contributed by atoms with van der Waals surface area (Å²) in [5.74, 6) is 0. The summed E-state index contributed by atoms with van der Waals surface area (Å²) in [7, 11) is 0. The number of alkyl halides is 3. The molecule has 0 saturated carbocycles. The zero-order chi connectivity index (χ0) is 8.91. The summed E-state index contributed by atoms with van der Waals surface area (Å²) >= 11 is 0. The monoisotopic (exact) mass is 167 g/mol. The Balaban J connectivity index is 3.81. The van der Waals surface area contributed by atoms with Crippen LogP contribution in [0.2, 0.25) is 0 Å². The number of hydrogen-bond acceptors (Lipinski definition) is 1. The summed E-state index contributed by atoms with van der Waals surface area (Å²) in [6.45, 7) is 4.47. The van der Waals surface area contributed by atoms with Gasteiger partial charge in [-0.2, -0.15) is 13.2 Å². The second kappa shape index (κ2) is 4.38. The van der Waals surface area contributed by atoms with Crippen LogP contribution >= 0.6 is 0 Å². The molecule has 0 aliphatic carbocycles. The smallest absolute Gasteiger partial charge is 0.377 e. The van der Waals surface area contributed by atoms with Crippen LogP contribution in [0.25, 0.3) is 0 Å². The van der Waals surface area contributed by atoms with E-state index in [9.17, 15) is 13.2 Å². The molecule has 0 rings (SSSR count). The molecule has 0 amide bonds. The van der Waals surface area contributed by atoms with E-state index in [1.165, 1.54) is 0 Å². The van der Waals surface area contributed by atoms with Gasteiger partial charge in [0.15, 0.2) is 0 Å². The van der Waals surface area contributed by atoms with E-state index >= 15 is 0 Å². The van der Waals surface area contributed by atoms with Crippen LogP contribution in [0.1, 0.15) is 6.92 Å². The molecule has 0 heterocycles. The second-order valence-corrected chi connectivity index (χ2v) is 1.96. The van der Waals surface area contributed by atoms with Crippen molar-refractivity contribution in [1.29, 1.82) is 0 Å². The highest BCUT2D eigenvalue weighted by atomic mass is 19.4. The largest absolute Gasteiger partial charge is 0.412 e. The first-order chi connectivity index (χ1) is 4.98. The minimum Gasteiger partial charge on any atom is -0.377 e. The lowest BCUT2D eigenvalue weighted by atomic mass is 10.3. The normalized spacial score (nSPS) is 13.7. The Labute approximate surface area is 63.8 Å². The van der Waals surface area contributed by atoms with Crippen molar-refractivity contribution in [3.8, 4) is 0 Å². The summed E-state index contributed by atoms with van der Waals surface area (Å²) in [4.78, 5) is 0. The second-order valence-electron chi connectivity index (χ2n) is 1.96. The van der Waals surface area contributed by atoms with Gasteiger partial charge in [-0.25, -0.2) is 0 Å². The van der Waals surface area contributed by atoms with E-state index in [0.29, 0.717) is 0 Å². The van der Waals surface area contributed by atoms with Crippen molar-refractivity contribution >= 4 is 0 Å². The van der Waals surface area contributed by atoms with Gasteiger partial charge in [0, 0.05) is 12.2 Å². The fourth-order valence-electron chi connectivity index (χ4n) is 0.383. The van der Waals surface area contributed by atoms with Crippen molar-refractivity contribution in [2.75, 3.05) is 13.2 Å². The van der Waals surface area contributed by atoms with Gasteiger partial charge in [-0.3, -0.25) is 0 Å². The van der Waals surface area contributed by atoms with Crippen LogP contribution < -0.4 is 0 Å². The van der Waals surface area contributed by atoms with Crippen molar-refractivity contribution in [1.82, 2.24) is 0 Å². The third kappa shape index (κ3) is 4.84. The van der Waals surface area contributed by atoms with Crippen LogP contribution in [0.3, 0.4) is 0 Å². The molecular weight excluding hydrogens is 157 g/mol. The van der Waals surface area contributed by atoms with Gasteiger partial charge >= 0.3 is 6.18 Å². The number of ether oxygens (including phenoxy) is 1. The predicted molar refractivity (Wildman–Crippen MR) is 36.0 cm³/mol. The van der Waals surface area contributed by atoms with Gasteiger partial charge in [0.05, 0.1) is 6.61 Å². The number of halogens is 3. The van der Waals surface area contributed by atoms with Crippen LogP contribution in [0.5, 0.6) is 0 Å². The average molecular weight is 167 g/mol. The highest BCUT2D eigenvalue weighted by Crippen LogP contribution is 2.24. The van der Waals surface area contributed by atoms with Crippen molar-refractivity contribution in [3.63, 3.8) is 0 Å². The molecule has 0 aromatic heterocycles. The third-order valence-electron chi connectivity index (χ3n) is 1.10. The molecular formula is C7H10F3O. The zero-order valence-electron chi connectivity index (χ0n) is 6.24. The van der Waals surface area contributed by atoms with Gasteiger partial charge in [0.2, 0.25) is 0 Å². The maximum absolute atomic E-state index is 11.7. The lowest BCUT2D eigenvalue weighted by Crippen LogP contribution is -2.09. The van der Waals surface area contributed by atoms with E-state index in [4.69, 9.17) is 0 Å². The van der Waals surface area contributed by atoms with Crippen LogP contribution in [0, 0.1) is 6.92 Å². The predicted octanol–water partition coefficient (Wildman–Crippen LogP) is 2.35.